The van der Waals surface area contributed by atoms with Crippen LogP contribution in [0, 0.1) is 0 Å². The summed E-state index contributed by atoms with van der Waals surface area (Å²) in [5, 5.41) is 11.7. The number of hydrogen-bond acceptors (Lipinski definition) is 4. The second kappa shape index (κ2) is 7.19. The first-order valence-electron chi connectivity index (χ1n) is 6.52. The van der Waals surface area contributed by atoms with Gasteiger partial charge in [-0.2, -0.15) is 0 Å². The highest BCUT2D eigenvalue weighted by Gasteiger charge is 2.11. The minimum Gasteiger partial charge on any atom is -0.396 e. The normalized spacial score (nSPS) is 10.4. The molecule has 1 amide bonds. The Morgan fingerprint density at radius 1 is 1.38 bits per heavy atom. The van der Waals surface area contributed by atoms with Crippen molar-refractivity contribution in [2.45, 2.75) is 12.8 Å². The molecule has 2 rings (SSSR count). The Hall–Kier alpha value is -1.92. The van der Waals surface area contributed by atoms with Crippen molar-refractivity contribution in [2.24, 2.45) is 0 Å². The van der Waals surface area contributed by atoms with Crippen molar-refractivity contribution < 1.29 is 9.90 Å². The van der Waals surface area contributed by atoms with Gasteiger partial charge in [-0.1, -0.05) is 12.1 Å². The smallest absolute Gasteiger partial charge is 0.259 e. The molecule has 0 saturated heterocycles. The van der Waals surface area contributed by atoms with Crippen molar-refractivity contribution in [1.82, 2.24) is 4.98 Å². The second-order valence-electron chi connectivity index (χ2n) is 4.57. The summed E-state index contributed by atoms with van der Waals surface area (Å²) in [5.74, 6) is -0.118. The van der Waals surface area contributed by atoms with E-state index in [-0.39, 0.29) is 18.3 Å². The summed E-state index contributed by atoms with van der Waals surface area (Å²) in [6.45, 7) is 0.150. The number of amides is 1. The van der Waals surface area contributed by atoms with Gasteiger partial charge in [-0.25, -0.2) is 4.98 Å². The number of nitrogens with one attached hydrogen (secondary N) is 1. The van der Waals surface area contributed by atoms with Crippen LogP contribution >= 0.6 is 15.9 Å². The van der Waals surface area contributed by atoms with Crippen LogP contribution in [0.5, 0.6) is 0 Å². The zero-order valence-corrected chi connectivity index (χ0v) is 12.9. The summed E-state index contributed by atoms with van der Waals surface area (Å²) in [6, 6.07) is 9.15. The van der Waals surface area contributed by atoms with Gasteiger partial charge < -0.3 is 16.2 Å². The van der Waals surface area contributed by atoms with Gasteiger partial charge in [0.15, 0.2) is 0 Å². The number of aromatic nitrogens is 1. The summed E-state index contributed by atoms with van der Waals surface area (Å²) >= 11 is 3.27. The van der Waals surface area contributed by atoms with E-state index in [0.717, 1.165) is 12.0 Å². The molecule has 0 radical (unpaired) electrons. The Bertz CT molecular complexity index is 647. The summed E-state index contributed by atoms with van der Waals surface area (Å²) in [7, 11) is 0. The molecule has 5 nitrogen and oxygen atoms in total. The molecule has 1 aromatic heterocycles. The third-order valence-corrected chi connectivity index (χ3v) is 3.37. The van der Waals surface area contributed by atoms with Gasteiger partial charge in [0.05, 0.1) is 5.56 Å². The van der Waals surface area contributed by atoms with Gasteiger partial charge in [-0.3, -0.25) is 4.79 Å². The lowest BCUT2D eigenvalue weighted by atomic mass is 10.1. The summed E-state index contributed by atoms with van der Waals surface area (Å²) in [5.41, 5.74) is 7.79. The number of anilines is 2. The largest absolute Gasteiger partial charge is 0.396 e. The van der Waals surface area contributed by atoms with Crippen LogP contribution < -0.4 is 11.1 Å². The molecule has 0 aliphatic heterocycles. The molecule has 0 unspecified atom stereocenters. The molecular formula is C15H16BrN3O2. The maximum Gasteiger partial charge on any atom is 0.259 e. The van der Waals surface area contributed by atoms with E-state index in [2.05, 4.69) is 26.2 Å². The number of halogens is 1. The fraction of sp³-hybridized carbons (Fsp3) is 0.200. The number of nitrogens with two attached hydrogens (primary N) is 1. The minimum absolute atomic E-state index is 0.150. The predicted octanol–water partition coefficient (Wildman–Crippen LogP) is 2.60. The molecule has 0 spiro atoms. The number of carbonyl (C=O) groups excluding carboxylic acids is 1. The van der Waals surface area contributed by atoms with Crippen LogP contribution in [-0.2, 0) is 6.42 Å². The number of nitrogen functional groups attached to an aromatic ring is 1. The van der Waals surface area contributed by atoms with E-state index < -0.39 is 0 Å². The summed E-state index contributed by atoms with van der Waals surface area (Å²) in [4.78, 5) is 16.2. The van der Waals surface area contributed by atoms with Gasteiger partial charge in [0.25, 0.3) is 5.91 Å². The molecule has 21 heavy (non-hydrogen) atoms. The molecule has 110 valence electrons. The molecule has 1 aromatic carbocycles. The topological polar surface area (TPSA) is 88.2 Å². The highest BCUT2D eigenvalue weighted by Crippen LogP contribution is 2.18. The maximum atomic E-state index is 12.2. The molecule has 0 aliphatic rings. The number of hydrogen-bond donors (Lipinski definition) is 3. The van der Waals surface area contributed by atoms with E-state index in [9.17, 15) is 4.79 Å². The summed E-state index contributed by atoms with van der Waals surface area (Å²) in [6.07, 6.45) is 3.00. The van der Waals surface area contributed by atoms with Gasteiger partial charge in [0.1, 0.15) is 5.82 Å². The fourth-order valence-corrected chi connectivity index (χ4v) is 2.25. The lowest BCUT2D eigenvalue weighted by Gasteiger charge is -2.09. The van der Waals surface area contributed by atoms with Crippen LogP contribution in [-0.4, -0.2) is 22.6 Å². The van der Waals surface area contributed by atoms with Crippen LogP contribution in [0.2, 0.25) is 0 Å². The first-order chi connectivity index (χ1) is 10.1. The van der Waals surface area contributed by atoms with E-state index in [0.29, 0.717) is 22.1 Å². The molecule has 1 heterocycles. The number of benzene rings is 1. The minimum atomic E-state index is -0.305. The molecule has 6 heteroatoms. The highest BCUT2D eigenvalue weighted by molar-refractivity contribution is 9.10. The van der Waals surface area contributed by atoms with Crippen LogP contribution in [0.1, 0.15) is 22.3 Å². The summed E-state index contributed by atoms with van der Waals surface area (Å²) < 4.78 is 0.693. The Morgan fingerprint density at radius 3 is 2.95 bits per heavy atom. The predicted molar refractivity (Wildman–Crippen MR) is 86.2 cm³/mol. The average molecular weight is 350 g/mol. The van der Waals surface area contributed by atoms with Crippen molar-refractivity contribution >= 4 is 33.3 Å². The first-order valence-corrected chi connectivity index (χ1v) is 7.31. The molecule has 0 bridgehead atoms. The monoisotopic (exact) mass is 349 g/mol. The molecule has 2 aromatic rings. The van der Waals surface area contributed by atoms with Gasteiger partial charge in [0, 0.05) is 23.0 Å². The van der Waals surface area contributed by atoms with E-state index >= 15 is 0 Å². The SMILES string of the molecule is Nc1ncc(Br)cc1C(=O)Nc1cccc(CCCO)c1. The molecular weight excluding hydrogens is 334 g/mol. The second-order valence-corrected chi connectivity index (χ2v) is 5.48. The Kier molecular flexibility index (Phi) is 5.30. The molecule has 0 aliphatic carbocycles. The van der Waals surface area contributed by atoms with Crippen molar-refractivity contribution in [1.29, 1.82) is 0 Å². The zero-order chi connectivity index (χ0) is 15.2. The van der Waals surface area contributed by atoms with Crippen molar-refractivity contribution in [2.75, 3.05) is 17.7 Å². The number of carbonyl (C=O) groups is 1. The zero-order valence-electron chi connectivity index (χ0n) is 11.3. The van der Waals surface area contributed by atoms with Crippen molar-refractivity contribution in [3.05, 3.63) is 52.1 Å². The number of aliphatic hydroxyl groups excluding tert-OH is 1. The maximum absolute atomic E-state index is 12.2. The van der Waals surface area contributed by atoms with Gasteiger partial charge in [0.2, 0.25) is 0 Å². The van der Waals surface area contributed by atoms with E-state index in [1.54, 1.807) is 12.3 Å². The Balaban J connectivity index is 2.14. The Morgan fingerprint density at radius 2 is 2.19 bits per heavy atom. The van der Waals surface area contributed by atoms with E-state index in [1.165, 1.54) is 0 Å². The molecule has 4 N–H and O–H groups in total. The third kappa shape index (κ3) is 4.27. The van der Waals surface area contributed by atoms with Crippen molar-refractivity contribution in [3.8, 4) is 0 Å². The number of nitrogens with zero attached hydrogens (tertiary/aromatic N) is 1. The fourth-order valence-electron chi connectivity index (χ4n) is 1.92. The number of aliphatic hydroxyl groups is 1. The lowest BCUT2D eigenvalue weighted by molar-refractivity contribution is 0.102. The number of pyridine rings is 1. The van der Waals surface area contributed by atoms with Gasteiger partial charge in [-0.15, -0.1) is 0 Å². The van der Waals surface area contributed by atoms with Crippen LogP contribution in [0.15, 0.2) is 41.0 Å². The first kappa shape index (κ1) is 15.5. The molecule has 0 saturated carbocycles. The lowest BCUT2D eigenvalue weighted by Crippen LogP contribution is -2.15. The highest BCUT2D eigenvalue weighted by atomic mass is 79.9. The van der Waals surface area contributed by atoms with E-state index in [4.69, 9.17) is 10.8 Å². The average Bonchev–Trinajstić information content (AvgIpc) is 2.48. The van der Waals surface area contributed by atoms with Crippen LogP contribution in [0.4, 0.5) is 11.5 Å². The Labute approximate surface area is 131 Å². The van der Waals surface area contributed by atoms with Gasteiger partial charge in [-0.05, 0) is 52.5 Å². The van der Waals surface area contributed by atoms with Crippen LogP contribution in [0.3, 0.4) is 0 Å². The van der Waals surface area contributed by atoms with E-state index in [1.807, 2.05) is 24.3 Å². The molecule has 0 fully saturated rings. The number of aryl methyl sites for hydroxylation is 1. The number of rotatable bonds is 5. The van der Waals surface area contributed by atoms with Crippen molar-refractivity contribution in [3.63, 3.8) is 0 Å². The third-order valence-electron chi connectivity index (χ3n) is 2.94. The quantitative estimate of drug-likeness (QED) is 0.773. The standard InChI is InChI=1S/C15H16BrN3O2/c16-11-8-13(14(17)18-9-11)15(21)19-12-5-1-3-10(7-12)4-2-6-20/h1,3,5,7-9,20H,2,4,6H2,(H2,17,18)(H,19,21). The molecule has 0 atom stereocenters. The van der Waals surface area contributed by atoms with Crippen LogP contribution in [0.25, 0.3) is 0 Å². The van der Waals surface area contributed by atoms with Gasteiger partial charge >= 0.3 is 0 Å².